The van der Waals surface area contributed by atoms with Gasteiger partial charge in [-0.15, -0.1) is 0 Å². The maximum Gasteiger partial charge on any atom is 0.229 e. The fraction of sp³-hybridized carbons (Fsp3) is 0.714. The number of aliphatic hydroxyl groups excluding tert-OH is 2. The van der Waals surface area contributed by atoms with Gasteiger partial charge in [0.05, 0.1) is 23.6 Å². The third-order valence-corrected chi connectivity index (χ3v) is 6.80. The highest BCUT2D eigenvalue weighted by Gasteiger charge is 2.46. The largest absolute Gasteiger partial charge is 0.393 e. The van der Waals surface area contributed by atoms with Gasteiger partial charge in [0, 0.05) is 12.8 Å². The summed E-state index contributed by atoms with van der Waals surface area (Å²) in [5.74, 6) is 0.369. The Morgan fingerprint density at radius 2 is 1.96 bits per heavy atom. The highest BCUT2D eigenvalue weighted by molar-refractivity contribution is 7.92. The second-order valence-electron chi connectivity index (χ2n) is 8.43. The summed E-state index contributed by atoms with van der Waals surface area (Å²) in [7, 11) is -3.31. The molecule has 1 aliphatic carbocycles. The topological polar surface area (TPSA) is 95.9 Å². The molecule has 1 aromatic rings. The van der Waals surface area contributed by atoms with E-state index in [1.54, 1.807) is 0 Å². The molecule has 3 rings (SSSR count). The molecule has 28 heavy (non-hydrogen) atoms. The molecule has 3 atom stereocenters. The molecule has 6 nitrogen and oxygen atoms in total. The van der Waals surface area contributed by atoms with Gasteiger partial charge in [-0.25, -0.2) is 8.42 Å². The van der Waals surface area contributed by atoms with E-state index in [-0.39, 0.29) is 6.42 Å². The summed E-state index contributed by atoms with van der Waals surface area (Å²) in [5.41, 5.74) is 2.22. The zero-order chi connectivity index (χ0) is 20.4. The lowest BCUT2D eigenvalue weighted by atomic mass is 9.75. The summed E-state index contributed by atoms with van der Waals surface area (Å²) in [6, 6.07) is 5.82. The molecule has 1 aliphatic heterocycles. The van der Waals surface area contributed by atoms with Crippen molar-refractivity contribution < 1.29 is 23.4 Å². The zero-order valence-electron chi connectivity index (χ0n) is 16.9. The van der Waals surface area contributed by atoms with Gasteiger partial charge in [0.15, 0.2) is 6.29 Å². The Morgan fingerprint density at radius 1 is 1.25 bits per heavy atom. The second kappa shape index (κ2) is 8.69. The molecule has 0 bridgehead atoms. The third kappa shape index (κ3) is 5.26. The Hall–Kier alpha value is -1.15. The van der Waals surface area contributed by atoms with Crippen LogP contribution in [0.25, 0.3) is 0 Å². The number of hydrogen-bond donors (Lipinski definition) is 3. The third-order valence-electron chi connectivity index (χ3n) is 6.21. The lowest BCUT2D eigenvalue weighted by Crippen LogP contribution is -2.50. The molecule has 158 valence electrons. The number of aliphatic hydroxyl groups is 2. The fourth-order valence-electron chi connectivity index (χ4n) is 4.91. The lowest BCUT2D eigenvalue weighted by Gasteiger charge is -2.46. The van der Waals surface area contributed by atoms with Gasteiger partial charge in [0.25, 0.3) is 0 Å². The van der Waals surface area contributed by atoms with Gasteiger partial charge >= 0.3 is 0 Å². The minimum atomic E-state index is -3.31. The Morgan fingerprint density at radius 3 is 2.57 bits per heavy atom. The van der Waals surface area contributed by atoms with E-state index in [0.29, 0.717) is 18.0 Å². The summed E-state index contributed by atoms with van der Waals surface area (Å²) in [6.45, 7) is 2.00. The smallest absolute Gasteiger partial charge is 0.229 e. The van der Waals surface area contributed by atoms with E-state index < -0.39 is 28.0 Å². The molecule has 2 fully saturated rings. The number of anilines is 1. The van der Waals surface area contributed by atoms with Crippen molar-refractivity contribution in [1.29, 1.82) is 0 Å². The minimum Gasteiger partial charge on any atom is -0.393 e. The van der Waals surface area contributed by atoms with Crippen molar-refractivity contribution in [3.8, 4) is 0 Å². The number of aryl methyl sites for hydroxylation is 2. The molecule has 1 saturated carbocycles. The molecule has 3 unspecified atom stereocenters. The monoisotopic (exact) mass is 411 g/mol. The van der Waals surface area contributed by atoms with Gasteiger partial charge in [-0.3, -0.25) is 4.72 Å². The number of rotatable bonds is 7. The second-order valence-corrected chi connectivity index (χ2v) is 10.2. The van der Waals surface area contributed by atoms with Crippen LogP contribution in [0.3, 0.4) is 0 Å². The zero-order valence-corrected chi connectivity index (χ0v) is 17.7. The van der Waals surface area contributed by atoms with E-state index >= 15 is 0 Å². The molecular formula is C21H33NO5S. The molecular weight excluding hydrogens is 378 g/mol. The van der Waals surface area contributed by atoms with Gasteiger partial charge < -0.3 is 14.9 Å². The minimum absolute atomic E-state index is 0.278. The number of nitrogens with one attached hydrogen (secondary N) is 1. The van der Waals surface area contributed by atoms with E-state index in [9.17, 15) is 18.6 Å². The van der Waals surface area contributed by atoms with Gasteiger partial charge in [0.1, 0.15) is 0 Å². The van der Waals surface area contributed by atoms with Crippen LogP contribution < -0.4 is 4.72 Å². The molecule has 1 heterocycles. The average molecular weight is 412 g/mol. The Balaban J connectivity index is 1.77. The summed E-state index contributed by atoms with van der Waals surface area (Å²) in [4.78, 5) is 0. The van der Waals surface area contributed by atoms with Gasteiger partial charge in [-0.2, -0.15) is 0 Å². The Labute approximate surface area is 168 Å². The highest BCUT2D eigenvalue weighted by atomic mass is 32.2. The van der Waals surface area contributed by atoms with Gasteiger partial charge in [0.2, 0.25) is 10.0 Å². The summed E-state index contributed by atoms with van der Waals surface area (Å²) >= 11 is 0. The number of hydrogen-bond acceptors (Lipinski definition) is 5. The van der Waals surface area contributed by atoms with Gasteiger partial charge in [-0.05, 0) is 55.2 Å². The first-order valence-electron chi connectivity index (χ1n) is 10.3. The Kier molecular flexibility index (Phi) is 6.69. The number of ether oxygens (including phenoxy) is 1. The lowest BCUT2D eigenvalue weighted by molar-refractivity contribution is -0.256. The molecule has 2 aliphatic rings. The van der Waals surface area contributed by atoms with Crippen LogP contribution in [-0.2, 0) is 27.6 Å². The van der Waals surface area contributed by atoms with Crippen LogP contribution in [0.1, 0.15) is 63.0 Å². The van der Waals surface area contributed by atoms with Crippen LogP contribution >= 0.6 is 0 Å². The van der Waals surface area contributed by atoms with Crippen LogP contribution in [0.4, 0.5) is 5.69 Å². The van der Waals surface area contributed by atoms with Crippen LogP contribution in [0, 0.1) is 5.92 Å². The first-order valence-corrected chi connectivity index (χ1v) is 12.2. The molecule has 0 amide bonds. The first kappa shape index (κ1) is 21.6. The summed E-state index contributed by atoms with van der Waals surface area (Å²) in [5, 5.41) is 20.4. The predicted octanol–water partition coefficient (Wildman–Crippen LogP) is 2.97. The molecule has 3 N–H and O–H groups in total. The number of benzene rings is 1. The van der Waals surface area contributed by atoms with Crippen molar-refractivity contribution in [2.45, 2.75) is 82.7 Å². The SMILES string of the molecule is CCc1cc(CCC2(C3CCCC3)CC(O)CC(O)O2)ccc1NS(C)(=O)=O. The van der Waals surface area contributed by atoms with E-state index in [1.807, 2.05) is 25.1 Å². The van der Waals surface area contributed by atoms with Crippen molar-refractivity contribution in [1.82, 2.24) is 0 Å². The number of sulfonamides is 1. The molecule has 7 heteroatoms. The molecule has 0 radical (unpaired) electrons. The van der Waals surface area contributed by atoms with Crippen LogP contribution in [0.5, 0.6) is 0 Å². The van der Waals surface area contributed by atoms with Crippen LogP contribution in [-0.4, -0.2) is 42.9 Å². The highest BCUT2D eigenvalue weighted by Crippen LogP contribution is 2.45. The first-order chi connectivity index (χ1) is 13.2. The molecule has 1 saturated heterocycles. The van der Waals surface area contributed by atoms with Crippen molar-refractivity contribution >= 4 is 15.7 Å². The van der Waals surface area contributed by atoms with E-state index in [1.165, 1.54) is 12.8 Å². The van der Waals surface area contributed by atoms with Crippen LogP contribution in [0.2, 0.25) is 0 Å². The maximum atomic E-state index is 11.6. The predicted molar refractivity (Wildman–Crippen MR) is 110 cm³/mol. The quantitative estimate of drug-likeness (QED) is 0.641. The molecule has 0 aromatic heterocycles. The maximum absolute atomic E-state index is 11.6. The summed E-state index contributed by atoms with van der Waals surface area (Å²) in [6.07, 6.45) is 7.32. The molecule has 0 spiro atoms. The van der Waals surface area contributed by atoms with Gasteiger partial charge in [-0.1, -0.05) is 31.9 Å². The Bertz CT molecular complexity index is 763. The van der Waals surface area contributed by atoms with Crippen molar-refractivity contribution in [2.75, 3.05) is 11.0 Å². The van der Waals surface area contributed by atoms with Crippen molar-refractivity contribution in [2.24, 2.45) is 5.92 Å². The fourth-order valence-corrected chi connectivity index (χ4v) is 5.51. The van der Waals surface area contributed by atoms with E-state index in [2.05, 4.69) is 4.72 Å². The summed E-state index contributed by atoms with van der Waals surface area (Å²) < 4.78 is 31.8. The van der Waals surface area contributed by atoms with Crippen LogP contribution in [0.15, 0.2) is 18.2 Å². The molecule has 1 aromatic carbocycles. The average Bonchev–Trinajstić information content (AvgIpc) is 3.14. The standard InChI is InChI=1S/C21H33NO5S/c1-3-16-12-15(8-9-19(16)22-28(2,25)26)10-11-21(17-6-4-5-7-17)14-18(23)13-20(24)27-21/h8-9,12,17-18,20,22-24H,3-7,10-11,13-14H2,1-2H3. The van der Waals surface area contributed by atoms with Crippen molar-refractivity contribution in [3.05, 3.63) is 29.3 Å². The van der Waals surface area contributed by atoms with E-state index in [0.717, 1.165) is 49.5 Å². The van der Waals surface area contributed by atoms with E-state index in [4.69, 9.17) is 4.74 Å². The van der Waals surface area contributed by atoms with Crippen molar-refractivity contribution in [3.63, 3.8) is 0 Å². The normalized spacial score (nSPS) is 29.1.